The number of carbonyl (C=O) groups excluding carboxylic acids is 1. The van der Waals surface area contributed by atoms with Crippen molar-refractivity contribution in [2.75, 3.05) is 19.7 Å². The van der Waals surface area contributed by atoms with Crippen LogP contribution in [0.4, 0.5) is 0 Å². The first-order valence-corrected chi connectivity index (χ1v) is 6.90. The zero-order valence-corrected chi connectivity index (χ0v) is 11.5. The second-order valence-corrected chi connectivity index (χ2v) is 5.49. The van der Waals surface area contributed by atoms with Gasteiger partial charge < -0.3 is 14.7 Å². The van der Waals surface area contributed by atoms with E-state index in [2.05, 4.69) is 18.7 Å². The second-order valence-electron chi connectivity index (χ2n) is 5.49. The van der Waals surface area contributed by atoms with Crippen molar-refractivity contribution in [2.24, 2.45) is 0 Å². The average Bonchev–Trinajstić information content (AvgIpc) is 2.39. The molecule has 0 aliphatic carbocycles. The van der Waals surface area contributed by atoms with Crippen LogP contribution in [0, 0.1) is 0 Å². The van der Waals surface area contributed by atoms with Gasteiger partial charge in [-0.15, -0.1) is 0 Å². The monoisotopic (exact) mass is 270 g/mol. The SMILES string of the molecule is CC(C)N1CCCCC1N1CC(C(=O)O)OCC1=O. The molecule has 2 aliphatic rings. The zero-order valence-electron chi connectivity index (χ0n) is 11.5. The van der Waals surface area contributed by atoms with Crippen LogP contribution in [0.1, 0.15) is 33.1 Å². The molecule has 6 nitrogen and oxygen atoms in total. The third kappa shape index (κ3) is 3.06. The van der Waals surface area contributed by atoms with Crippen LogP contribution in [0.5, 0.6) is 0 Å². The van der Waals surface area contributed by atoms with Gasteiger partial charge in [0.05, 0.1) is 12.7 Å². The third-order valence-corrected chi connectivity index (χ3v) is 3.90. The number of nitrogens with zero attached hydrogens (tertiary/aromatic N) is 2. The van der Waals surface area contributed by atoms with Crippen molar-refractivity contribution in [3.8, 4) is 0 Å². The van der Waals surface area contributed by atoms with Crippen LogP contribution >= 0.6 is 0 Å². The highest BCUT2D eigenvalue weighted by molar-refractivity contribution is 5.81. The molecule has 1 amide bonds. The Kier molecular flexibility index (Phi) is 4.42. The first-order chi connectivity index (χ1) is 9.00. The van der Waals surface area contributed by atoms with Gasteiger partial charge in [0.2, 0.25) is 5.91 Å². The van der Waals surface area contributed by atoms with E-state index in [-0.39, 0.29) is 25.2 Å². The zero-order chi connectivity index (χ0) is 14.0. The summed E-state index contributed by atoms with van der Waals surface area (Å²) in [6.07, 6.45) is 2.25. The molecule has 2 saturated heterocycles. The summed E-state index contributed by atoms with van der Waals surface area (Å²) in [6.45, 7) is 5.21. The van der Waals surface area contributed by atoms with Crippen molar-refractivity contribution in [1.29, 1.82) is 0 Å². The molecule has 19 heavy (non-hydrogen) atoms. The van der Waals surface area contributed by atoms with E-state index in [9.17, 15) is 9.59 Å². The molecule has 0 aromatic rings. The number of hydrogen-bond donors (Lipinski definition) is 1. The second kappa shape index (κ2) is 5.88. The van der Waals surface area contributed by atoms with Gasteiger partial charge >= 0.3 is 5.97 Å². The number of morpholine rings is 1. The smallest absolute Gasteiger partial charge is 0.334 e. The van der Waals surface area contributed by atoms with Crippen molar-refractivity contribution in [1.82, 2.24) is 9.80 Å². The third-order valence-electron chi connectivity index (χ3n) is 3.90. The normalized spacial score (nSPS) is 29.8. The number of carboxylic acids is 1. The Hall–Kier alpha value is -1.14. The minimum absolute atomic E-state index is 0.0204. The van der Waals surface area contributed by atoms with Crippen LogP contribution in [-0.4, -0.2) is 64.8 Å². The molecular formula is C13H22N2O4. The summed E-state index contributed by atoms with van der Waals surface area (Å²) >= 11 is 0. The van der Waals surface area contributed by atoms with Crippen molar-refractivity contribution in [2.45, 2.75) is 51.4 Å². The van der Waals surface area contributed by atoms with E-state index in [1.165, 1.54) is 0 Å². The Morgan fingerprint density at radius 2 is 2.16 bits per heavy atom. The van der Waals surface area contributed by atoms with Gasteiger partial charge in [-0.05, 0) is 33.1 Å². The molecule has 0 aromatic carbocycles. The van der Waals surface area contributed by atoms with Crippen LogP contribution in [0.3, 0.4) is 0 Å². The lowest BCUT2D eigenvalue weighted by molar-refractivity contribution is -0.172. The predicted octanol–water partition coefficient (Wildman–Crippen LogP) is 0.519. The van der Waals surface area contributed by atoms with Gasteiger partial charge in [0.15, 0.2) is 6.10 Å². The van der Waals surface area contributed by atoms with Gasteiger partial charge in [0, 0.05) is 12.6 Å². The fourth-order valence-electron chi connectivity index (χ4n) is 2.90. The summed E-state index contributed by atoms with van der Waals surface area (Å²) in [5.41, 5.74) is 0. The van der Waals surface area contributed by atoms with Gasteiger partial charge in [0.25, 0.3) is 0 Å². The maximum Gasteiger partial charge on any atom is 0.334 e. The Balaban J connectivity index is 2.12. The molecule has 0 aromatic heterocycles. The van der Waals surface area contributed by atoms with Crippen LogP contribution in [0.25, 0.3) is 0 Å². The molecule has 2 fully saturated rings. The Labute approximate surface area is 113 Å². The molecule has 2 heterocycles. The van der Waals surface area contributed by atoms with Gasteiger partial charge in [-0.25, -0.2) is 4.79 Å². The van der Waals surface area contributed by atoms with Crippen molar-refractivity contribution < 1.29 is 19.4 Å². The van der Waals surface area contributed by atoms with E-state index < -0.39 is 12.1 Å². The molecule has 0 saturated carbocycles. The molecular weight excluding hydrogens is 248 g/mol. The molecule has 1 N–H and O–H groups in total. The molecule has 2 rings (SSSR count). The van der Waals surface area contributed by atoms with Crippen LogP contribution in [0.15, 0.2) is 0 Å². The predicted molar refractivity (Wildman–Crippen MR) is 68.6 cm³/mol. The van der Waals surface area contributed by atoms with E-state index >= 15 is 0 Å². The number of rotatable bonds is 3. The van der Waals surface area contributed by atoms with Crippen molar-refractivity contribution in [3.63, 3.8) is 0 Å². The Bertz CT molecular complexity index is 359. The van der Waals surface area contributed by atoms with Crippen LogP contribution in [-0.2, 0) is 14.3 Å². The number of aliphatic carboxylic acids is 1. The highest BCUT2D eigenvalue weighted by Gasteiger charge is 2.38. The number of piperidine rings is 1. The maximum absolute atomic E-state index is 12.0. The lowest BCUT2D eigenvalue weighted by Crippen LogP contribution is -2.60. The summed E-state index contributed by atoms with van der Waals surface area (Å²) in [4.78, 5) is 27.0. The first-order valence-electron chi connectivity index (χ1n) is 6.90. The number of likely N-dealkylation sites (tertiary alicyclic amines) is 1. The molecule has 0 bridgehead atoms. The van der Waals surface area contributed by atoms with Gasteiger partial charge in [-0.2, -0.15) is 0 Å². The van der Waals surface area contributed by atoms with Gasteiger partial charge in [-0.3, -0.25) is 9.69 Å². The van der Waals surface area contributed by atoms with E-state index in [1.54, 1.807) is 4.90 Å². The fraction of sp³-hybridized carbons (Fsp3) is 0.846. The molecule has 6 heteroatoms. The van der Waals surface area contributed by atoms with Crippen LogP contribution in [0.2, 0.25) is 0 Å². The van der Waals surface area contributed by atoms with Crippen LogP contribution < -0.4 is 0 Å². The molecule has 2 atom stereocenters. The lowest BCUT2D eigenvalue weighted by atomic mass is 10.0. The fourth-order valence-corrected chi connectivity index (χ4v) is 2.90. The molecule has 108 valence electrons. The largest absolute Gasteiger partial charge is 0.479 e. The summed E-state index contributed by atoms with van der Waals surface area (Å²) in [7, 11) is 0. The van der Waals surface area contributed by atoms with Gasteiger partial charge in [0.1, 0.15) is 6.61 Å². The Morgan fingerprint density at radius 1 is 1.42 bits per heavy atom. The molecule has 0 spiro atoms. The number of hydrogen-bond acceptors (Lipinski definition) is 4. The number of carboxylic acid groups (broad SMARTS) is 1. The Morgan fingerprint density at radius 3 is 2.79 bits per heavy atom. The number of amides is 1. The minimum Gasteiger partial charge on any atom is -0.479 e. The topological polar surface area (TPSA) is 70.1 Å². The first kappa shape index (κ1) is 14.3. The van der Waals surface area contributed by atoms with Crippen molar-refractivity contribution in [3.05, 3.63) is 0 Å². The highest BCUT2D eigenvalue weighted by atomic mass is 16.5. The summed E-state index contributed by atoms with van der Waals surface area (Å²) < 4.78 is 5.06. The van der Waals surface area contributed by atoms with E-state index in [4.69, 9.17) is 9.84 Å². The summed E-state index contributed by atoms with van der Waals surface area (Å²) in [6, 6.07) is 0.351. The maximum atomic E-state index is 12.0. The molecule has 2 unspecified atom stereocenters. The molecule has 2 aliphatic heterocycles. The summed E-state index contributed by atoms with van der Waals surface area (Å²) in [5, 5.41) is 9.04. The van der Waals surface area contributed by atoms with Crippen molar-refractivity contribution >= 4 is 11.9 Å². The molecule has 0 radical (unpaired) electrons. The average molecular weight is 270 g/mol. The van der Waals surface area contributed by atoms with E-state index in [0.29, 0.717) is 6.04 Å². The van der Waals surface area contributed by atoms with E-state index in [1.807, 2.05) is 0 Å². The quantitative estimate of drug-likeness (QED) is 0.809. The lowest BCUT2D eigenvalue weighted by Gasteiger charge is -2.46. The standard InChI is InChI=1S/C13H22N2O4/c1-9(2)14-6-4-3-5-11(14)15-7-10(13(17)18)19-8-12(15)16/h9-11H,3-8H2,1-2H3,(H,17,18). The van der Waals surface area contributed by atoms with Gasteiger partial charge in [-0.1, -0.05) is 0 Å². The summed E-state index contributed by atoms with van der Waals surface area (Å²) in [5.74, 6) is -1.10. The number of ether oxygens (including phenoxy) is 1. The number of carbonyl (C=O) groups is 2. The minimum atomic E-state index is -0.996. The van der Waals surface area contributed by atoms with E-state index in [0.717, 1.165) is 25.8 Å². The highest BCUT2D eigenvalue weighted by Crippen LogP contribution is 2.24.